The molecule has 0 saturated heterocycles. The Morgan fingerprint density at radius 1 is 0.370 bits per heavy atom. The Morgan fingerprint density at radius 2 is 0.642 bits per heavy atom. The van der Waals surface area contributed by atoms with Gasteiger partial charge in [-0.1, -0.05) is 109 Å². The number of aromatic amines is 6. The van der Waals surface area contributed by atoms with E-state index in [0.29, 0.717) is 35.1 Å². The lowest BCUT2D eigenvalue weighted by atomic mass is 9.95. The number of para-hydroxylation sites is 6. The molecule has 19 nitrogen and oxygen atoms in total. The van der Waals surface area contributed by atoms with Gasteiger partial charge in [0.2, 0.25) is 11.8 Å². The molecule has 11 N–H and O–H groups in total. The maximum absolute atomic E-state index is 12.6. The Morgan fingerprint density at radius 3 is 0.975 bits per heavy atom. The molecule has 12 aromatic rings. The molecule has 0 saturated carbocycles. The van der Waals surface area contributed by atoms with Gasteiger partial charge in [0.05, 0.1) is 49.3 Å². The SMILES string of the molecule is COC(=O)C(=O)c1c[nH]c2ccccc12.COC(=O)C(=O)c1c[nH]c2ccccc12.NC(=O)Cc1c[nH]c2ccccc12.NC(=O)Cc1c[nH]c2ccccc12.O=C1NC(=O)C(c2c[nH]c3ccccc23)=C1c1c[nH]c2ccccc12. The Hall–Kier alpha value is -11.3. The van der Waals surface area contributed by atoms with Crippen LogP contribution in [0, 0.1) is 0 Å². The molecule has 0 bridgehead atoms. The summed E-state index contributed by atoms with van der Waals surface area (Å²) < 4.78 is 8.76. The lowest BCUT2D eigenvalue weighted by molar-refractivity contribution is -0.135. The van der Waals surface area contributed by atoms with E-state index in [2.05, 4.69) is 44.7 Å². The number of esters is 2. The summed E-state index contributed by atoms with van der Waals surface area (Å²) in [5, 5.41) is 7.88. The van der Waals surface area contributed by atoms with E-state index >= 15 is 0 Å². The van der Waals surface area contributed by atoms with Gasteiger partial charge in [-0.05, 0) is 47.5 Å². The summed E-state index contributed by atoms with van der Waals surface area (Å²) in [5.74, 6) is -4.29. The number of primary amides is 2. The average molecular weight is 1080 g/mol. The van der Waals surface area contributed by atoms with Gasteiger partial charge in [0.15, 0.2) is 0 Å². The molecule has 0 spiro atoms. The highest BCUT2D eigenvalue weighted by Gasteiger charge is 2.34. The van der Waals surface area contributed by atoms with E-state index in [1.165, 1.54) is 26.6 Å². The number of benzene rings is 6. The summed E-state index contributed by atoms with van der Waals surface area (Å²) in [6, 6.07) is 45.7. The first-order valence-corrected chi connectivity index (χ1v) is 25.0. The molecule has 4 amide bonds. The molecule has 0 unspecified atom stereocenters. The largest absolute Gasteiger partial charge is 0.463 e. The van der Waals surface area contributed by atoms with Gasteiger partial charge in [-0.25, -0.2) is 9.59 Å². The van der Waals surface area contributed by atoms with Crippen molar-refractivity contribution in [1.29, 1.82) is 0 Å². The Labute approximate surface area is 459 Å². The number of ether oxygens (including phenoxy) is 2. The normalized spacial score (nSPS) is 11.7. The van der Waals surface area contributed by atoms with Crippen LogP contribution < -0.4 is 16.8 Å². The number of Topliss-reactive ketones (excluding diaryl/α,β-unsaturated/α-hetero) is 2. The van der Waals surface area contributed by atoms with Crippen molar-refractivity contribution < 1.29 is 47.8 Å². The fourth-order valence-corrected chi connectivity index (χ4v) is 9.38. The average Bonchev–Trinajstić information content (AvgIpc) is 4.56. The number of aromatic nitrogens is 6. The monoisotopic (exact) mass is 1080 g/mol. The zero-order chi connectivity index (χ0) is 57.2. The van der Waals surface area contributed by atoms with Crippen LogP contribution in [0.2, 0.25) is 0 Å². The predicted molar refractivity (Wildman–Crippen MR) is 308 cm³/mol. The standard InChI is InChI=1S/C20H13N3O2.2C11H9NO3.2C10H10N2O/c24-19-17(13-9-21-15-7-3-1-5-11(13)15)18(20(25)23-19)14-10-22-16-8-4-2-6-12(14)16;2*1-15-11(14)10(13)8-6-12-9-5-3-2-4-7(8)9;2*11-10(13)5-7-6-12-9-4-2-1-3-8(7)9/h1-10,21-22H,(H,23,24,25);2*2-6,12H,1H3;2*1-4,6,12H,5H2,(H2,11,13). The van der Waals surface area contributed by atoms with Crippen LogP contribution in [0.1, 0.15) is 43.0 Å². The van der Waals surface area contributed by atoms with Crippen LogP contribution >= 0.6 is 0 Å². The topological polar surface area (TPSA) is 314 Å². The summed E-state index contributed by atoms with van der Waals surface area (Å²) in [7, 11) is 2.38. The van der Waals surface area contributed by atoms with Gasteiger partial charge >= 0.3 is 11.9 Å². The van der Waals surface area contributed by atoms with Crippen LogP contribution in [0.5, 0.6) is 0 Å². The number of imide groups is 1. The number of nitrogens with one attached hydrogen (secondary N) is 7. The molecule has 1 aliphatic rings. The predicted octanol–water partition coefficient (Wildman–Crippen LogP) is 8.66. The van der Waals surface area contributed by atoms with Gasteiger partial charge in [-0.3, -0.25) is 34.1 Å². The molecule has 0 atom stereocenters. The van der Waals surface area contributed by atoms with E-state index in [1.807, 2.05) is 146 Å². The number of amides is 4. The van der Waals surface area contributed by atoms with Crippen LogP contribution in [0.25, 0.3) is 76.6 Å². The minimum absolute atomic E-state index is 0.296. The second kappa shape index (κ2) is 24.3. The molecule has 13 rings (SSSR count). The third-order valence-corrected chi connectivity index (χ3v) is 13.1. The molecule has 0 radical (unpaired) electrons. The van der Waals surface area contributed by atoms with Crippen molar-refractivity contribution in [3.8, 4) is 0 Å². The number of ketones is 2. The molecule has 0 aliphatic carbocycles. The van der Waals surface area contributed by atoms with E-state index in [-0.39, 0.29) is 23.6 Å². The molecule has 19 heteroatoms. The van der Waals surface area contributed by atoms with Gasteiger partial charge in [-0.2, -0.15) is 0 Å². The third kappa shape index (κ3) is 11.8. The van der Waals surface area contributed by atoms with Crippen LogP contribution in [-0.2, 0) is 51.1 Å². The highest BCUT2D eigenvalue weighted by molar-refractivity contribution is 6.51. The van der Waals surface area contributed by atoms with Crippen molar-refractivity contribution in [2.75, 3.05) is 14.2 Å². The Kier molecular flexibility index (Phi) is 16.4. The fraction of sp³-hybridized carbons (Fsp3) is 0.0645. The number of H-pyrrole nitrogens is 6. The van der Waals surface area contributed by atoms with E-state index in [9.17, 15) is 38.4 Å². The van der Waals surface area contributed by atoms with Gasteiger partial charge < -0.3 is 50.8 Å². The van der Waals surface area contributed by atoms with E-state index in [1.54, 1.807) is 24.5 Å². The molecular weight excluding hydrogens is 1030 g/mol. The summed E-state index contributed by atoms with van der Waals surface area (Å²) in [6.45, 7) is 0. The second-order valence-electron chi connectivity index (χ2n) is 18.2. The number of rotatable bonds is 10. The highest BCUT2D eigenvalue weighted by atomic mass is 16.5. The maximum Gasteiger partial charge on any atom is 0.379 e. The van der Waals surface area contributed by atoms with E-state index < -0.39 is 23.5 Å². The number of hydrogen-bond donors (Lipinski definition) is 9. The zero-order valence-corrected chi connectivity index (χ0v) is 43.5. The van der Waals surface area contributed by atoms with Gasteiger partial charge in [0, 0.05) is 114 Å². The molecule has 81 heavy (non-hydrogen) atoms. The third-order valence-electron chi connectivity index (χ3n) is 13.1. The van der Waals surface area contributed by atoms with Crippen molar-refractivity contribution >= 4 is 124 Å². The zero-order valence-electron chi connectivity index (χ0n) is 43.5. The minimum Gasteiger partial charge on any atom is -0.463 e. The minimum atomic E-state index is -0.847. The van der Waals surface area contributed by atoms with Crippen molar-refractivity contribution in [2.24, 2.45) is 11.5 Å². The molecule has 0 fully saturated rings. The van der Waals surface area contributed by atoms with Crippen molar-refractivity contribution in [2.45, 2.75) is 12.8 Å². The van der Waals surface area contributed by atoms with Crippen LogP contribution in [0.3, 0.4) is 0 Å². The smallest absolute Gasteiger partial charge is 0.379 e. The summed E-state index contributed by atoms with van der Waals surface area (Å²) in [4.78, 5) is 110. The summed E-state index contributed by atoms with van der Waals surface area (Å²) >= 11 is 0. The van der Waals surface area contributed by atoms with Crippen LogP contribution in [0.15, 0.2) is 183 Å². The summed E-state index contributed by atoms with van der Waals surface area (Å²) in [5.41, 5.74) is 20.7. The molecule has 404 valence electrons. The van der Waals surface area contributed by atoms with Crippen molar-refractivity contribution in [3.05, 3.63) is 216 Å². The lowest BCUT2D eigenvalue weighted by Gasteiger charge is -2.03. The number of methoxy groups -OCH3 is 2. The molecular formula is C62H51N9O10. The number of fused-ring (bicyclic) bond motifs is 6. The molecule has 1 aliphatic heterocycles. The number of hydrogen-bond acceptors (Lipinski definition) is 10. The van der Waals surface area contributed by atoms with Gasteiger partial charge in [0.1, 0.15) is 0 Å². The van der Waals surface area contributed by atoms with Crippen molar-refractivity contribution in [1.82, 2.24) is 35.2 Å². The molecule has 6 aromatic carbocycles. The summed E-state index contributed by atoms with van der Waals surface area (Å²) in [6.07, 6.45) is 10.9. The van der Waals surface area contributed by atoms with E-state index in [0.717, 1.165) is 87.7 Å². The Bertz CT molecular complexity index is 4130. The lowest BCUT2D eigenvalue weighted by Crippen LogP contribution is -2.22. The first-order valence-electron chi connectivity index (χ1n) is 25.0. The first kappa shape index (κ1) is 54.4. The maximum atomic E-state index is 12.6. The number of nitrogens with two attached hydrogens (primary N) is 2. The Balaban J connectivity index is 0.000000126. The second-order valence-corrected chi connectivity index (χ2v) is 18.2. The van der Waals surface area contributed by atoms with Crippen molar-refractivity contribution in [3.63, 3.8) is 0 Å². The van der Waals surface area contributed by atoms with E-state index in [4.69, 9.17) is 11.5 Å². The highest BCUT2D eigenvalue weighted by Crippen LogP contribution is 2.37. The van der Waals surface area contributed by atoms with Crippen LogP contribution in [-0.4, -0.2) is 91.3 Å². The molecule has 6 aromatic heterocycles. The van der Waals surface area contributed by atoms with Gasteiger partial charge in [-0.15, -0.1) is 0 Å². The van der Waals surface area contributed by atoms with Gasteiger partial charge in [0.25, 0.3) is 23.4 Å². The number of carbonyl (C=O) groups excluding carboxylic acids is 8. The first-order chi connectivity index (χ1) is 39.3. The fourth-order valence-electron chi connectivity index (χ4n) is 9.38. The quantitative estimate of drug-likeness (QED) is 0.0272. The van der Waals surface area contributed by atoms with Crippen LogP contribution in [0.4, 0.5) is 0 Å². The molecule has 7 heterocycles. The number of carbonyl (C=O) groups is 8.